The summed E-state index contributed by atoms with van der Waals surface area (Å²) in [7, 11) is 0. The van der Waals surface area contributed by atoms with E-state index in [1.165, 1.54) is 4.90 Å². The molecule has 0 unspecified atom stereocenters. The number of benzene rings is 2. The molecule has 2 aromatic carbocycles. The Hall–Kier alpha value is -1.59. The first-order chi connectivity index (χ1) is 10.2. The zero-order valence-corrected chi connectivity index (χ0v) is 13.9. The maximum absolute atomic E-state index is 11.7. The van der Waals surface area contributed by atoms with E-state index >= 15 is 0 Å². The van der Waals surface area contributed by atoms with Gasteiger partial charge in [0.1, 0.15) is 0 Å². The summed E-state index contributed by atoms with van der Waals surface area (Å²) in [6.45, 7) is 0. The highest BCUT2D eigenvalue weighted by Gasteiger charge is 2.01. The van der Waals surface area contributed by atoms with Crippen molar-refractivity contribution >= 4 is 39.8 Å². The van der Waals surface area contributed by atoms with Crippen LogP contribution in [0.5, 0.6) is 0 Å². The number of thioether (sulfide) groups is 1. The Morgan fingerprint density at radius 1 is 1.19 bits per heavy atom. The van der Waals surface area contributed by atoms with Gasteiger partial charge >= 0.3 is 0 Å². The Morgan fingerprint density at radius 3 is 2.48 bits per heavy atom. The minimum Gasteiger partial charge on any atom is -0.273 e. The molecule has 0 fully saturated rings. The van der Waals surface area contributed by atoms with E-state index in [9.17, 15) is 4.79 Å². The van der Waals surface area contributed by atoms with Crippen molar-refractivity contribution < 1.29 is 4.79 Å². The molecule has 108 valence electrons. The zero-order valence-electron chi connectivity index (χ0n) is 11.5. The highest BCUT2D eigenvalue weighted by molar-refractivity contribution is 9.10. The van der Waals surface area contributed by atoms with Crippen molar-refractivity contribution in [1.82, 2.24) is 5.43 Å². The molecule has 0 aliphatic carbocycles. The lowest BCUT2D eigenvalue weighted by molar-refractivity contribution is -0.120. The number of hydrogen-bond acceptors (Lipinski definition) is 3. The van der Waals surface area contributed by atoms with Crippen LogP contribution in [-0.4, -0.2) is 18.4 Å². The quantitative estimate of drug-likeness (QED) is 0.498. The number of nitrogens with zero attached hydrogens (tertiary/aromatic N) is 1. The van der Waals surface area contributed by atoms with Gasteiger partial charge in [0.2, 0.25) is 5.91 Å². The summed E-state index contributed by atoms with van der Waals surface area (Å²) in [6.07, 6.45) is 3.99. The monoisotopic (exact) mass is 362 g/mol. The molecule has 5 heteroatoms. The lowest BCUT2D eigenvalue weighted by Crippen LogP contribution is -2.19. The van der Waals surface area contributed by atoms with Gasteiger partial charge in [-0.05, 0) is 41.6 Å². The summed E-state index contributed by atoms with van der Waals surface area (Å²) in [5.41, 5.74) is 4.45. The van der Waals surface area contributed by atoms with E-state index in [4.69, 9.17) is 0 Å². The van der Waals surface area contributed by atoms with Gasteiger partial charge < -0.3 is 0 Å². The minimum atomic E-state index is -0.130. The second-order valence-corrected chi connectivity index (χ2v) is 6.16. The summed E-state index contributed by atoms with van der Waals surface area (Å²) in [5, 5.41) is 3.97. The molecule has 2 aromatic rings. The third kappa shape index (κ3) is 5.36. The van der Waals surface area contributed by atoms with Crippen LogP contribution < -0.4 is 5.43 Å². The lowest BCUT2D eigenvalue weighted by Gasteiger charge is -2.01. The van der Waals surface area contributed by atoms with E-state index in [0.29, 0.717) is 6.42 Å². The SMILES string of the molecule is CSc1ccc(C=NNC(=O)Cc2ccc(Br)cc2)cc1. The average molecular weight is 363 g/mol. The molecule has 0 spiro atoms. The molecule has 0 saturated heterocycles. The van der Waals surface area contributed by atoms with Crippen molar-refractivity contribution in [2.24, 2.45) is 5.10 Å². The van der Waals surface area contributed by atoms with Crippen molar-refractivity contribution in [1.29, 1.82) is 0 Å². The van der Waals surface area contributed by atoms with Crippen LogP contribution in [-0.2, 0) is 11.2 Å². The Bertz CT molecular complexity index is 624. The van der Waals surface area contributed by atoms with Crippen molar-refractivity contribution in [2.45, 2.75) is 11.3 Å². The van der Waals surface area contributed by atoms with Gasteiger partial charge in [-0.25, -0.2) is 5.43 Å². The summed E-state index contributed by atoms with van der Waals surface area (Å²) >= 11 is 5.05. The molecule has 0 bridgehead atoms. The first-order valence-corrected chi connectivity index (χ1v) is 8.39. The van der Waals surface area contributed by atoms with Crippen LogP contribution >= 0.6 is 27.7 Å². The van der Waals surface area contributed by atoms with Crippen LogP contribution in [0.25, 0.3) is 0 Å². The molecule has 0 atom stereocenters. The van der Waals surface area contributed by atoms with Gasteiger partial charge in [0.05, 0.1) is 12.6 Å². The maximum atomic E-state index is 11.7. The Labute approximate surface area is 137 Å². The van der Waals surface area contributed by atoms with E-state index in [0.717, 1.165) is 15.6 Å². The number of halogens is 1. The van der Waals surface area contributed by atoms with Gasteiger partial charge in [0, 0.05) is 9.37 Å². The smallest absolute Gasteiger partial charge is 0.244 e. The third-order valence-electron chi connectivity index (χ3n) is 2.80. The topological polar surface area (TPSA) is 41.5 Å². The molecule has 0 aliphatic rings. The number of amides is 1. The van der Waals surface area contributed by atoms with Gasteiger partial charge in [-0.1, -0.05) is 40.2 Å². The maximum Gasteiger partial charge on any atom is 0.244 e. The van der Waals surface area contributed by atoms with Crippen molar-refractivity contribution in [2.75, 3.05) is 6.26 Å². The number of nitrogens with one attached hydrogen (secondary N) is 1. The zero-order chi connectivity index (χ0) is 15.1. The van der Waals surface area contributed by atoms with Gasteiger partial charge in [-0.2, -0.15) is 5.10 Å². The summed E-state index contributed by atoms with van der Waals surface area (Å²) < 4.78 is 0.998. The van der Waals surface area contributed by atoms with Gasteiger partial charge in [-0.3, -0.25) is 4.79 Å². The first-order valence-electron chi connectivity index (χ1n) is 6.38. The normalized spacial score (nSPS) is 10.8. The third-order valence-corrected chi connectivity index (χ3v) is 4.07. The molecule has 0 radical (unpaired) electrons. The molecule has 0 aliphatic heterocycles. The van der Waals surface area contributed by atoms with E-state index in [1.54, 1.807) is 18.0 Å². The molecule has 3 nitrogen and oxygen atoms in total. The van der Waals surface area contributed by atoms with Crippen molar-refractivity contribution in [3.05, 3.63) is 64.1 Å². The molecule has 0 heterocycles. The number of carbonyl (C=O) groups is 1. The molecule has 21 heavy (non-hydrogen) atoms. The fourth-order valence-corrected chi connectivity index (χ4v) is 2.37. The number of carbonyl (C=O) groups excluding carboxylic acids is 1. The largest absolute Gasteiger partial charge is 0.273 e. The number of hydrogen-bond donors (Lipinski definition) is 1. The first kappa shape index (κ1) is 15.8. The average Bonchev–Trinajstić information content (AvgIpc) is 2.50. The molecule has 1 amide bonds. The van der Waals surface area contributed by atoms with E-state index < -0.39 is 0 Å². The highest BCUT2D eigenvalue weighted by atomic mass is 79.9. The molecular formula is C16H15BrN2OS. The predicted octanol–water partition coefficient (Wildman–Crippen LogP) is 3.86. The molecule has 2 rings (SSSR count). The summed E-state index contributed by atoms with van der Waals surface area (Å²) in [5.74, 6) is -0.130. The second-order valence-electron chi connectivity index (χ2n) is 4.37. The lowest BCUT2D eigenvalue weighted by atomic mass is 10.1. The summed E-state index contributed by atoms with van der Waals surface area (Å²) in [6, 6.07) is 15.6. The van der Waals surface area contributed by atoms with Gasteiger partial charge in [0.15, 0.2) is 0 Å². The second kappa shape index (κ2) is 8.00. The molecule has 1 N–H and O–H groups in total. The predicted molar refractivity (Wildman–Crippen MR) is 91.8 cm³/mol. The minimum absolute atomic E-state index is 0.130. The van der Waals surface area contributed by atoms with Crippen LogP contribution in [0.15, 0.2) is 63.0 Å². The van der Waals surface area contributed by atoms with Crippen molar-refractivity contribution in [3.63, 3.8) is 0 Å². The number of hydrazone groups is 1. The highest BCUT2D eigenvalue weighted by Crippen LogP contribution is 2.14. The molecular weight excluding hydrogens is 348 g/mol. The Balaban J connectivity index is 1.85. The van der Waals surface area contributed by atoms with E-state index in [-0.39, 0.29) is 5.91 Å². The summed E-state index contributed by atoms with van der Waals surface area (Å²) in [4.78, 5) is 12.9. The van der Waals surface area contributed by atoms with Crippen LogP contribution in [0.2, 0.25) is 0 Å². The fourth-order valence-electron chi connectivity index (χ4n) is 1.70. The van der Waals surface area contributed by atoms with E-state index in [1.807, 2.05) is 54.8 Å². The van der Waals surface area contributed by atoms with Gasteiger partial charge in [0.25, 0.3) is 0 Å². The van der Waals surface area contributed by atoms with Crippen LogP contribution in [0.4, 0.5) is 0 Å². The number of rotatable bonds is 5. The fraction of sp³-hybridized carbons (Fsp3) is 0.125. The Morgan fingerprint density at radius 2 is 1.86 bits per heavy atom. The molecule has 0 saturated carbocycles. The Kier molecular flexibility index (Phi) is 6.02. The van der Waals surface area contributed by atoms with Crippen LogP contribution in [0, 0.1) is 0 Å². The van der Waals surface area contributed by atoms with E-state index in [2.05, 4.69) is 26.5 Å². The molecule has 0 aromatic heterocycles. The van der Waals surface area contributed by atoms with Crippen molar-refractivity contribution in [3.8, 4) is 0 Å². The standard InChI is InChI=1S/C16H15BrN2OS/c1-21-15-8-4-13(5-9-15)11-18-19-16(20)10-12-2-6-14(17)7-3-12/h2-9,11H,10H2,1H3,(H,19,20). The van der Waals surface area contributed by atoms with Crippen LogP contribution in [0.1, 0.15) is 11.1 Å². The van der Waals surface area contributed by atoms with Crippen LogP contribution in [0.3, 0.4) is 0 Å². The van der Waals surface area contributed by atoms with Gasteiger partial charge in [-0.15, -0.1) is 11.8 Å².